The Hall–Kier alpha value is -2.84. The van der Waals surface area contributed by atoms with Crippen molar-refractivity contribution in [2.24, 2.45) is 0 Å². The highest BCUT2D eigenvalue weighted by Gasteiger charge is 2.43. The second kappa shape index (κ2) is 11.1. The van der Waals surface area contributed by atoms with Gasteiger partial charge in [0.15, 0.2) is 0 Å². The van der Waals surface area contributed by atoms with E-state index in [9.17, 15) is 14.0 Å². The van der Waals surface area contributed by atoms with Gasteiger partial charge in [0.25, 0.3) is 5.91 Å². The molecule has 5 rings (SSSR count). The van der Waals surface area contributed by atoms with Gasteiger partial charge >= 0.3 is 6.03 Å². The van der Waals surface area contributed by atoms with E-state index in [1.807, 2.05) is 0 Å². The summed E-state index contributed by atoms with van der Waals surface area (Å²) in [5, 5.41) is 5.94. The molecule has 3 aliphatic heterocycles. The molecule has 0 saturated carbocycles. The number of amides is 3. The Labute approximate surface area is 228 Å². The smallest absolute Gasteiger partial charge is 0.317 e. The van der Waals surface area contributed by atoms with Crippen molar-refractivity contribution in [2.45, 2.75) is 70.6 Å². The van der Waals surface area contributed by atoms with Crippen LogP contribution in [0.3, 0.4) is 0 Å². The molecule has 2 aromatic carbocycles. The van der Waals surface area contributed by atoms with Gasteiger partial charge < -0.3 is 20.3 Å². The van der Waals surface area contributed by atoms with Crippen molar-refractivity contribution in [2.75, 3.05) is 26.2 Å². The molecule has 2 bridgehead atoms. The fourth-order valence-corrected chi connectivity index (χ4v) is 6.63. The van der Waals surface area contributed by atoms with Crippen LogP contribution in [0.1, 0.15) is 65.7 Å². The molecule has 3 atom stereocenters. The van der Waals surface area contributed by atoms with E-state index in [0.717, 1.165) is 43.5 Å². The molecular formula is C29H36ClFN4O3. The lowest BCUT2D eigenvalue weighted by atomic mass is 9.91. The first-order valence-corrected chi connectivity index (χ1v) is 13.9. The molecular weight excluding hydrogens is 507 g/mol. The second-order valence-corrected chi connectivity index (χ2v) is 11.2. The molecule has 3 aliphatic rings. The van der Waals surface area contributed by atoms with E-state index in [1.54, 1.807) is 4.90 Å². The fourth-order valence-electron chi connectivity index (χ4n) is 6.45. The molecule has 0 spiro atoms. The van der Waals surface area contributed by atoms with Crippen LogP contribution in [0.2, 0.25) is 5.02 Å². The Balaban J connectivity index is 1.21. The second-order valence-electron chi connectivity index (χ2n) is 10.7. The number of nitrogens with one attached hydrogen (secondary N) is 2. The van der Waals surface area contributed by atoms with Crippen molar-refractivity contribution in [3.63, 3.8) is 0 Å². The van der Waals surface area contributed by atoms with Crippen molar-refractivity contribution in [3.8, 4) is 5.75 Å². The van der Waals surface area contributed by atoms with Gasteiger partial charge in [0.2, 0.25) is 0 Å². The van der Waals surface area contributed by atoms with Gasteiger partial charge in [-0.25, -0.2) is 9.18 Å². The first-order valence-electron chi connectivity index (χ1n) is 13.5. The van der Waals surface area contributed by atoms with E-state index in [4.69, 9.17) is 16.3 Å². The number of hydrogen-bond acceptors (Lipinski definition) is 4. The number of urea groups is 1. The molecule has 3 saturated heterocycles. The molecule has 3 heterocycles. The highest BCUT2D eigenvalue weighted by atomic mass is 35.5. The van der Waals surface area contributed by atoms with Gasteiger partial charge in [0.05, 0.1) is 11.6 Å². The zero-order valence-corrected chi connectivity index (χ0v) is 23.0. The third-order valence-electron chi connectivity index (χ3n) is 8.55. The summed E-state index contributed by atoms with van der Waals surface area (Å²) in [6.45, 7) is 8.99. The number of carbonyl (C=O) groups excluding carboxylic acids is 2. The summed E-state index contributed by atoms with van der Waals surface area (Å²) in [6, 6.07) is 9.44. The quantitative estimate of drug-likeness (QED) is 0.493. The van der Waals surface area contributed by atoms with E-state index in [-0.39, 0.29) is 29.0 Å². The maximum Gasteiger partial charge on any atom is 0.317 e. The van der Waals surface area contributed by atoms with E-state index in [1.165, 1.54) is 29.3 Å². The minimum absolute atomic E-state index is 0.0245. The Morgan fingerprint density at radius 2 is 1.92 bits per heavy atom. The van der Waals surface area contributed by atoms with Gasteiger partial charge in [0.1, 0.15) is 18.2 Å². The van der Waals surface area contributed by atoms with Crippen LogP contribution in [-0.2, 0) is 0 Å². The van der Waals surface area contributed by atoms with Gasteiger partial charge in [0, 0.05) is 42.8 Å². The van der Waals surface area contributed by atoms with E-state index >= 15 is 0 Å². The van der Waals surface area contributed by atoms with Gasteiger partial charge in [-0.2, -0.15) is 0 Å². The lowest BCUT2D eigenvalue weighted by Gasteiger charge is -2.43. The molecule has 3 fully saturated rings. The Bertz CT molecular complexity index is 1210. The number of carbonyl (C=O) groups is 2. The van der Waals surface area contributed by atoms with Crippen LogP contribution in [0.4, 0.5) is 9.18 Å². The largest absolute Gasteiger partial charge is 0.491 e. The molecule has 3 unspecified atom stereocenters. The molecule has 38 heavy (non-hydrogen) atoms. The Morgan fingerprint density at radius 3 is 2.58 bits per heavy atom. The number of halogens is 2. The van der Waals surface area contributed by atoms with E-state index in [0.29, 0.717) is 37.3 Å². The number of benzene rings is 2. The lowest BCUT2D eigenvalue weighted by Crippen LogP contribution is -2.51. The predicted octanol–water partition coefficient (Wildman–Crippen LogP) is 4.99. The summed E-state index contributed by atoms with van der Waals surface area (Å²) >= 11 is 5.87. The number of piperidine rings is 1. The van der Waals surface area contributed by atoms with Gasteiger partial charge in [-0.05, 0) is 87.4 Å². The van der Waals surface area contributed by atoms with Crippen molar-refractivity contribution >= 4 is 23.5 Å². The third kappa shape index (κ3) is 5.34. The fraction of sp³-hybridized carbons (Fsp3) is 0.517. The number of hydrogen-bond donors (Lipinski definition) is 2. The maximum absolute atomic E-state index is 13.5. The molecule has 0 aromatic heterocycles. The Kier molecular flexibility index (Phi) is 7.82. The number of nitrogens with zero attached hydrogens (tertiary/aromatic N) is 2. The molecule has 204 valence electrons. The molecule has 2 aromatic rings. The SMILES string of the molecule is Cc1c(OCCN2CCNC2=O)ccc(C(C)N2C3CCC2CC(NC(=O)c2ccc(F)c(Cl)c2)C3)c1C. The van der Waals surface area contributed by atoms with E-state index < -0.39 is 5.82 Å². The van der Waals surface area contributed by atoms with Crippen LogP contribution in [-0.4, -0.2) is 66.1 Å². The first-order chi connectivity index (χ1) is 18.2. The van der Waals surface area contributed by atoms with Crippen LogP contribution >= 0.6 is 11.6 Å². The van der Waals surface area contributed by atoms with Crippen LogP contribution < -0.4 is 15.4 Å². The molecule has 7 nitrogen and oxygen atoms in total. The zero-order chi connectivity index (χ0) is 27.0. The molecule has 2 N–H and O–H groups in total. The van der Waals surface area contributed by atoms with Crippen molar-refractivity contribution < 1.29 is 18.7 Å². The molecule has 3 amide bonds. The summed E-state index contributed by atoms with van der Waals surface area (Å²) in [6.07, 6.45) is 4.02. The van der Waals surface area contributed by atoms with Crippen LogP contribution in [0, 0.1) is 19.7 Å². The van der Waals surface area contributed by atoms with Gasteiger partial charge in [-0.15, -0.1) is 0 Å². The lowest BCUT2D eigenvalue weighted by molar-refractivity contribution is 0.0689. The first kappa shape index (κ1) is 26.8. The van der Waals surface area contributed by atoms with Crippen molar-refractivity contribution in [1.82, 2.24) is 20.4 Å². The van der Waals surface area contributed by atoms with Crippen molar-refractivity contribution in [3.05, 3.63) is 63.4 Å². The monoisotopic (exact) mass is 542 g/mol. The highest BCUT2D eigenvalue weighted by Crippen LogP contribution is 2.43. The average molecular weight is 543 g/mol. The summed E-state index contributed by atoms with van der Waals surface area (Å²) in [7, 11) is 0. The summed E-state index contributed by atoms with van der Waals surface area (Å²) < 4.78 is 19.6. The molecule has 0 aliphatic carbocycles. The predicted molar refractivity (Wildman–Crippen MR) is 145 cm³/mol. The summed E-state index contributed by atoms with van der Waals surface area (Å²) in [5.41, 5.74) is 4.05. The average Bonchev–Trinajstić information content (AvgIpc) is 3.42. The molecule has 9 heteroatoms. The van der Waals surface area contributed by atoms with Gasteiger partial charge in [-0.1, -0.05) is 17.7 Å². The molecule has 0 radical (unpaired) electrons. The van der Waals surface area contributed by atoms with Gasteiger partial charge in [-0.3, -0.25) is 9.69 Å². The number of rotatable bonds is 8. The van der Waals surface area contributed by atoms with Crippen LogP contribution in [0.5, 0.6) is 5.75 Å². The minimum Gasteiger partial charge on any atom is -0.491 e. The standard InChI is InChI=1S/C29H36ClFN4O3/c1-17-18(2)27(38-13-12-34-11-10-32-29(34)37)9-7-24(17)19(3)35-22-5-6-23(35)16-21(15-22)33-28(36)20-4-8-26(31)25(30)14-20/h4,7-9,14,19,21-23H,5-6,10-13,15-16H2,1-3H3,(H,32,37)(H,33,36). The Morgan fingerprint density at radius 1 is 1.18 bits per heavy atom. The van der Waals surface area contributed by atoms with E-state index in [2.05, 4.69) is 48.4 Å². The highest BCUT2D eigenvalue weighted by molar-refractivity contribution is 6.31. The van der Waals surface area contributed by atoms with Crippen molar-refractivity contribution in [1.29, 1.82) is 0 Å². The minimum atomic E-state index is -0.523. The number of fused-ring (bicyclic) bond motifs is 2. The summed E-state index contributed by atoms with van der Waals surface area (Å²) in [5.74, 6) is 0.137. The number of ether oxygens (including phenoxy) is 1. The van der Waals surface area contributed by atoms with Crippen LogP contribution in [0.15, 0.2) is 30.3 Å². The maximum atomic E-state index is 13.5. The summed E-state index contributed by atoms with van der Waals surface area (Å²) in [4.78, 5) is 28.9. The normalized spacial score (nSPS) is 23.9. The zero-order valence-electron chi connectivity index (χ0n) is 22.2. The topological polar surface area (TPSA) is 73.9 Å². The third-order valence-corrected chi connectivity index (χ3v) is 8.84. The van der Waals surface area contributed by atoms with Crippen LogP contribution in [0.25, 0.3) is 0 Å².